The minimum atomic E-state index is -0.758. The SMILES string of the molecule is O=C(O)C1(Cn2nnnc2-c2cc3sccc3s2)CC1. The van der Waals surface area contributed by atoms with Crippen LogP contribution in [0.1, 0.15) is 12.8 Å². The molecule has 102 valence electrons. The van der Waals surface area contributed by atoms with Gasteiger partial charge in [0.25, 0.3) is 0 Å². The van der Waals surface area contributed by atoms with Gasteiger partial charge in [0.1, 0.15) is 0 Å². The summed E-state index contributed by atoms with van der Waals surface area (Å²) in [5, 5.41) is 23.0. The van der Waals surface area contributed by atoms with Gasteiger partial charge < -0.3 is 5.11 Å². The quantitative estimate of drug-likeness (QED) is 0.801. The van der Waals surface area contributed by atoms with Gasteiger partial charge in [-0.3, -0.25) is 4.79 Å². The van der Waals surface area contributed by atoms with E-state index in [1.165, 1.54) is 9.40 Å². The Hall–Kier alpha value is -1.80. The van der Waals surface area contributed by atoms with E-state index < -0.39 is 11.4 Å². The Bertz CT molecular complexity index is 771. The Labute approximate surface area is 121 Å². The highest BCUT2D eigenvalue weighted by Gasteiger charge is 2.51. The lowest BCUT2D eigenvalue weighted by atomic mass is 10.1. The highest BCUT2D eigenvalue weighted by Crippen LogP contribution is 2.48. The van der Waals surface area contributed by atoms with Gasteiger partial charge in [-0.15, -0.1) is 27.8 Å². The van der Waals surface area contributed by atoms with Gasteiger partial charge in [0, 0.05) is 9.40 Å². The van der Waals surface area contributed by atoms with E-state index in [2.05, 4.69) is 33.0 Å². The summed E-state index contributed by atoms with van der Waals surface area (Å²) in [6.07, 6.45) is 1.39. The molecule has 3 aromatic rings. The summed E-state index contributed by atoms with van der Waals surface area (Å²) >= 11 is 3.31. The summed E-state index contributed by atoms with van der Waals surface area (Å²) in [5.74, 6) is -0.1000. The fraction of sp³-hybridized carbons (Fsp3) is 0.333. The van der Waals surface area contributed by atoms with E-state index in [1.807, 2.05) is 0 Å². The van der Waals surface area contributed by atoms with E-state index >= 15 is 0 Å². The van der Waals surface area contributed by atoms with Gasteiger partial charge in [0.05, 0.1) is 16.8 Å². The maximum atomic E-state index is 11.3. The predicted octanol–water partition coefficient (Wildman–Crippen LogP) is 2.48. The Morgan fingerprint density at radius 2 is 2.30 bits per heavy atom. The van der Waals surface area contributed by atoms with Gasteiger partial charge in [0.2, 0.25) is 0 Å². The molecule has 1 aliphatic rings. The van der Waals surface area contributed by atoms with Gasteiger partial charge in [-0.05, 0) is 40.8 Å². The van der Waals surface area contributed by atoms with Crippen molar-refractivity contribution in [2.45, 2.75) is 19.4 Å². The fourth-order valence-electron chi connectivity index (χ4n) is 2.24. The number of tetrazole rings is 1. The van der Waals surface area contributed by atoms with Crippen LogP contribution in [0.15, 0.2) is 17.5 Å². The zero-order valence-corrected chi connectivity index (χ0v) is 11.9. The number of fused-ring (bicyclic) bond motifs is 1. The molecular formula is C12H10N4O2S2. The van der Waals surface area contributed by atoms with Crippen LogP contribution in [0.4, 0.5) is 0 Å². The topological polar surface area (TPSA) is 80.9 Å². The molecule has 8 heteroatoms. The third-order valence-corrected chi connectivity index (χ3v) is 5.74. The van der Waals surface area contributed by atoms with Crippen molar-refractivity contribution >= 4 is 38.0 Å². The van der Waals surface area contributed by atoms with Gasteiger partial charge in [-0.2, -0.15) is 0 Å². The van der Waals surface area contributed by atoms with Crippen LogP contribution in [0.5, 0.6) is 0 Å². The molecule has 20 heavy (non-hydrogen) atoms. The molecular weight excluding hydrogens is 296 g/mol. The molecule has 3 aromatic heterocycles. The summed E-state index contributed by atoms with van der Waals surface area (Å²) < 4.78 is 4.04. The second kappa shape index (κ2) is 4.10. The number of aromatic nitrogens is 4. The minimum absolute atomic E-state index is 0.343. The van der Waals surface area contributed by atoms with Crippen molar-refractivity contribution in [1.29, 1.82) is 0 Å². The molecule has 4 rings (SSSR count). The Balaban J connectivity index is 1.71. The maximum absolute atomic E-state index is 11.3. The van der Waals surface area contributed by atoms with E-state index in [1.54, 1.807) is 27.4 Å². The zero-order valence-electron chi connectivity index (χ0n) is 10.3. The Morgan fingerprint density at radius 3 is 3.00 bits per heavy atom. The Morgan fingerprint density at radius 1 is 1.45 bits per heavy atom. The smallest absolute Gasteiger partial charge is 0.311 e. The molecule has 6 nitrogen and oxygen atoms in total. The number of hydrogen-bond acceptors (Lipinski definition) is 6. The molecule has 0 radical (unpaired) electrons. The molecule has 0 saturated heterocycles. The first kappa shape index (κ1) is 12.0. The maximum Gasteiger partial charge on any atom is 0.311 e. The first-order chi connectivity index (χ1) is 9.68. The predicted molar refractivity (Wildman–Crippen MR) is 75.8 cm³/mol. The summed E-state index contributed by atoms with van der Waals surface area (Å²) in [4.78, 5) is 12.3. The van der Waals surface area contributed by atoms with Crippen molar-refractivity contribution in [3.63, 3.8) is 0 Å². The lowest BCUT2D eigenvalue weighted by Gasteiger charge is -2.09. The van der Waals surface area contributed by atoms with Crippen molar-refractivity contribution < 1.29 is 9.90 Å². The second-order valence-electron chi connectivity index (χ2n) is 5.01. The summed E-state index contributed by atoms with van der Waals surface area (Å²) in [6, 6.07) is 4.13. The van der Waals surface area contributed by atoms with Crippen LogP contribution in [-0.2, 0) is 11.3 Å². The molecule has 0 atom stereocenters. The van der Waals surface area contributed by atoms with Gasteiger partial charge in [-0.1, -0.05) is 0 Å². The normalized spacial score (nSPS) is 16.6. The van der Waals surface area contributed by atoms with Crippen LogP contribution >= 0.6 is 22.7 Å². The van der Waals surface area contributed by atoms with Crippen molar-refractivity contribution in [3.05, 3.63) is 17.5 Å². The lowest BCUT2D eigenvalue weighted by Crippen LogP contribution is -2.22. The molecule has 3 heterocycles. The largest absolute Gasteiger partial charge is 0.481 e. The molecule has 1 aliphatic carbocycles. The van der Waals surface area contributed by atoms with Crippen molar-refractivity contribution in [3.8, 4) is 10.7 Å². The van der Waals surface area contributed by atoms with Gasteiger partial charge >= 0.3 is 5.97 Å². The molecule has 1 fully saturated rings. The van der Waals surface area contributed by atoms with E-state index in [9.17, 15) is 9.90 Å². The summed E-state index contributed by atoms with van der Waals surface area (Å²) in [7, 11) is 0. The minimum Gasteiger partial charge on any atom is -0.481 e. The van der Waals surface area contributed by atoms with E-state index in [0.717, 1.165) is 4.88 Å². The number of nitrogens with zero attached hydrogens (tertiary/aromatic N) is 4. The number of aliphatic carboxylic acids is 1. The van der Waals surface area contributed by atoms with Crippen LogP contribution in [0.2, 0.25) is 0 Å². The second-order valence-corrected chi connectivity index (χ2v) is 7.04. The summed E-state index contributed by atoms with van der Waals surface area (Å²) in [5.41, 5.74) is -0.668. The molecule has 0 spiro atoms. The van der Waals surface area contributed by atoms with E-state index in [-0.39, 0.29) is 0 Å². The van der Waals surface area contributed by atoms with E-state index in [4.69, 9.17) is 0 Å². The molecule has 0 aromatic carbocycles. The number of rotatable bonds is 4. The number of hydrogen-bond donors (Lipinski definition) is 1. The standard InChI is InChI=1S/C12H10N4O2S2/c17-11(18)12(2-3-12)6-16-10(13-14-15-16)9-5-8-7(20-9)1-4-19-8/h1,4-5H,2-3,6H2,(H,17,18). The van der Waals surface area contributed by atoms with Crippen LogP contribution in [-0.4, -0.2) is 31.3 Å². The summed E-state index contributed by atoms with van der Waals surface area (Å²) in [6.45, 7) is 0.343. The van der Waals surface area contributed by atoms with Crippen molar-refractivity contribution in [1.82, 2.24) is 20.2 Å². The Kier molecular flexibility index (Phi) is 2.45. The average molecular weight is 306 g/mol. The highest BCUT2D eigenvalue weighted by molar-refractivity contribution is 7.28. The number of carboxylic acids is 1. The van der Waals surface area contributed by atoms with Crippen molar-refractivity contribution in [2.75, 3.05) is 0 Å². The molecule has 0 unspecified atom stereocenters. The van der Waals surface area contributed by atoms with Gasteiger partial charge in [-0.25, -0.2) is 4.68 Å². The molecule has 0 aliphatic heterocycles. The van der Waals surface area contributed by atoms with Crippen LogP contribution < -0.4 is 0 Å². The van der Waals surface area contributed by atoms with Crippen LogP contribution in [0.3, 0.4) is 0 Å². The van der Waals surface area contributed by atoms with Gasteiger partial charge in [0.15, 0.2) is 5.82 Å². The molecule has 1 N–H and O–H groups in total. The monoisotopic (exact) mass is 306 g/mol. The van der Waals surface area contributed by atoms with Crippen LogP contribution in [0, 0.1) is 5.41 Å². The van der Waals surface area contributed by atoms with Crippen LogP contribution in [0.25, 0.3) is 20.1 Å². The molecule has 0 bridgehead atoms. The molecule has 0 amide bonds. The number of carbonyl (C=O) groups is 1. The third-order valence-electron chi connectivity index (χ3n) is 3.65. The third kappa shape index (κ3) is 1.75. The highest BCUT2D eigenvalue weighted by atomic mass is 32.1. The number of thiophene rings is 2. The number of carboxylic acid groups (broad SMARTS) is 1. The molecule has 1 saturated carbocycles. The lowest BCUT2D eigenvalue weighted by molar-refractivity contribution is -0.144. The van der Waals surface area contributed by atoms with E-state index in [0.29, 0.717) is 25.2 Å². The zero-order chi connectivity index (χ0) is 13.7. The average Bonchev–Trinajstić information content (AvgIpc) is 2.76. The first-order valence-electron chi connectivity index (χ1n) is 6.15. The van der Waals surface area contributed by atoms with Crippen molar-refractivity contribution in [2.24, 2.45) is 5.41 Å². The fourth-order valence-corrected chi connectivity index (χ4v) is 4.34. The first-order valence-corrected chi connectivity index (χ1v) is 7.85.